The molecule has 2 aromatic rings. The Morgan fingerprint density at radius 2 is 1.74 bits per heavy atom. The van der Waals surface area contributed by atoms with Crippen LogP contribution in [0.15, 0.2) is 48.5 Å². The average Bonchev–Trinajstić information content (AvgIpc) is 2.55. The highest BCUT2D eigenvalue weighted by molar-refractivity contribution is 5.55. The van der Waals surface area contributed by atoms with Crippen LogP contribution < -0.4 is 4.90 Å². The standard InChI is InChI=1S/C16H15N3O4/c20-18(21)11-16-15-4-2-1-3-12(15)9-10-17(16)13-5-7-14(8-6-13)19(22)23/h1-8,16H,9-11H2. The minimum absolute atomic E-state index is 0.0111. The van der Waals surface area contributed by atoms with Crippen molar-refractivity contribution in [3.05, 3.63) is 79.9 Å². The molecule has 1 heterocycles. The molecule has 7 nitrogen and oxygen atoms in total. The van der Waals surface area contributed by atoms with Gasteiger partial charge in [-0.15, -0.1) is 0 Å². The predicted octanol–water partition coefficient (Wildman–Crippen LogP) is 2.98. The molecule has 0 saturated carbocycles. The van der Waals surface area contributed by atoms with Gasteiger partial charge in [-0.3, -0.25) is 20.2 Å². The molecule has 1 unspecified atom stereocenters. The molecule has 23 heavy (non-hydrogen) atoms. The Bertz CT molecular complexity index is 745. The molecule has 7 heteroatoms. The average molecular weight is 313 g/mol. The van der Waals surface area contributed by atoms with E-state index >= 15 is 0 Å². The number of rotatable bonds is 4. The fourth-order valence-electron chi connectivity index (χ4n) is 3.06. The number of hydrogen-bond acceptors (Lipinski definition) is 5. The van der Waals surface area contributed by atoms with Crippen LogP contribution in [0.2, 0.25) is 0 Å². The number of nitrogens with zero attached hydrogens (tertiary/aromatic N) is 3. The lowest BCUT2D eigenvalue weighted by Crippen LogP contribution is -2.39. The second-order valence-corrected chi connectivity index (χ2v) is 5.45. The first-order chi connectivity index (χ1) is 11.1. The molecular formula is C16H15N3O4. The second-order valence-electron chi connectivity index (χ2n) is 5.45. The molecule has 0 saturated heterocycles. The van der Waals surface area contributed by atoms with Crippen LogP contribution in [0.1, 0.15) is 17.2 Å². The lowest BCUT2D eigenvalue weighted by atomic mass is 9.92. The summed E-state index contributed by atoms with van der Waals surface area (Å²) in [7, 11) is 0. The first-order valence-corrected chi connectivity index (χ1v) is 7.27. The topological polar surface area (TPSA) is 89.5 Å². The van der Waals surface area contributed by atoms with Crippen molar-refractivity contribution < 1.29 is 9.85 Å². The van der Waals surface area contributed by atoms with E-state index in [0.717, 1.165) is 23.2 Å². The van der Waals surface area contributed by atoms with Crippen molar-refractivity contribution in [3.63, 3.8) is 0 Å². The highest BCUT2D eigenvalue weighted by atomic mass is 16.6. The summed E-state index contributed by atoms with van der Waals surface area (Å²) < 4.78 is 0. The molecule has 1 aliphatic rings. The normalized spacial score (nSPS) is 16.7. The van der Waals surface area contributed by atoms with Crippen molar-refractivity contribution in [1.29, 1.82) is 0 Å². The molecule has 0 N–H and O–H groups in total. The van der Waals surface area contributed by atoms with Gasteiger partial charge in [0.2, 0.25) is 6.54 Å². The van der Waals surface area contributed by atoms with Gasteiger partial charge in [0.25, 0.3) is 5.69 Å². The maximum absolute atomic E-state index is 11.1. The smallest absolute Gasteiger partial charge is 0.269 e. The third kappa shape index (κ3) is 2.98. The molecule has 118 valence electrons. The van der Waals surface area contributed by atoms with Gasteiger partial charge in [-0.25, -0.2) is 0 Å². The summed E-state index contributed by atoms with van der Waals surface area (Å²) in [6.45, 7) is 0.446. The van der Waals surface area contributed by atoms with E-state index in [9.17, 15) is 20.2 Å². The monoisotopic (exact) mass is 313 g/mol. The number of anilines is 1. The summed E-state index contributed by atoms with van der Waals surface area (Å²) in [5, 5.41) is 21.9. The van der Waals surface area contributed by atoms with Crippen LogP contribution >= 0.6 is 0 Å². The van der Waals surface area contributed by atoms with Gasteiger partial charge in [0.1, 0.15) is 6.04 Å². The van der Waals surface area contributed by atoms with Gasteiger partial charge < -0.3 is 4.90 Å². The zero-order chi connectivity index (χ0) is 16.4. The zero-order valence-corrected chi connectivity index (χ0v) is 12.3. The minimum Gasteiger partial charge on any atom is -0.358 e. The van der Waals surface area contributed by atoms with E-state index in [1.807, 2.05) is 29.2 Å². The fraction of sp³-hybridized carbons (Fsp3) is 0.250. The van der Waals surface area contributed by atoms with Gasteiger partial charge >= 0.3 is 0 Å². The summed E-state index contributed by atoms with van der Waals surface area (Å²) in [5.41, 5.74) is 2.85. The Morgan fingerprint density at radius 1 is 1.04 bits per heavy atom. The number of benzene rings is 2. The number of non-ortho nitro benzene ring substituents is 1. The van der Waals surface area contributed by atoms with E-state index < -0.39 is 4.92 Å². The third-order valence-electron chi connectivity index (χ3n) is 4.13. The summed E-state index contributed by atoms with van der Waals surface area (Å²) in [6.07, 6.45) is 0.793. The Balaban J connectivity index is 1.97. The van der Waals surface area contributed by atoms with E-state index in [0.29, 0.717) is 6.54 Å². The van der Waals surface area contributed by atoms with Gasteiger partial charge in [-0.1, -0.05) is 24.3 Å². The third-order valence-corrected chi connectivity index (χ3v) is 4.13. The molecule has 1 atom stereocenters. The Hall–Kier alpha value is -2.96. The van der Waals surface area contributed by atoms with E-state index in [4.69, 9.17) is 0 Å². The van der Waals surface area contributed by atoms with Crippen LogP contribution in [0, 0.1) is 20.2 Å². The predicted molar refractivity (Wildman–Crippen MR) is 85.2 cm³/mol. The lowest BCUT2D eigenvalue weighted by Gasteiger charge is -2.36. The van der Waals surface area contributed by atoms with Crippen molar-refractivity contribution in [3.8, 4) is 0 Å². The molecule has 0 bridgehead atoms. The van der Waals surface area contributed by atoms with Crippen LogP contribution in [0.4, 0.5) is 11.4 Å². The Kier molecular flexibility index (Phi) is 3.92. The maximum atomic E-state index is 11.1. The molecule has 0 amide bonds. The van der Waals surface area contributed by atoms with Crippen LogP contribution in [0.3, 0.4) is 0 Å². The first-order valence-electron chi connectivity index (χ1n) is 7.27. The number of fused-ring (bicyclic) bond motifs is 1. The van der Waals surface area contributed by atoms with Crippen molar-refractivity contribution in [2.45, 2.75) is 12.5 Å². The Labute approximate surface area is 132 Å². The molecule has 0 fully saturated rings. The molecule has 0 spiro atoms. The van der Waals surface area contributed by atoms with E-state index in [-0.39, 0.29) is 23.2 Å². The van der Waals surface area contributed by atoms with E-state index in [1.165, 1.54) is 12.1 Å². The quantitative estimate of drug-likeness (QED) is 0.639. The van der Waals surface area contributed by atoms with Crippen LogP contribution in [0.5, 0.6) is 0 Å². The fourth-order valence-corrected chi connectivity index (χ4v) is 3.06. The maximum Gasteiger partial charge on any atom is 0.269 e. The van der Waals surface area contributed by atoms with E-state index in [2.05, 4.69) is 0 Å². The number of nitro benzene ring substituents is 1. The molecule has 3 rings (SSSR count). The second kappa shape index (κ2) is 6.04. The molecule has 1 aliphatic heterocycles. The van der Waals surface area contributed by atoms with Gasteiger partial charge in [0.05, 0.1) is 4.92 Å². The van der Waals surface area contributed by atoms with Gasteiger partial charge in [0, 0.05) is 29.3 Å². The molecule has 2 aromatic carbocycles. The molecule has 0 aliphatic carbocycles. The van der Waals surface area contributed by atoms with Crippen molar-refractivity contribution in [1.82, 2.24) is 0 Å². The van der Waals surface area contributed by atoms with E-state index in [1.54, 1.807) is 12.1 Å². The lowest BCUT2D eigenvalue weighted by molar-refractivity contribution is -0.483. The van der Waals surface area contributed by atoms with Crippen LogP contribution in [-0.2, 0) is 6.42 Å². The minimum atomic E-state index is -0.455. The van der Waals surface area contributed by atoms with Crippen molar-refractivity contribution in [2.24, 2.45) is 0 Å². The number of nitro groups is 2. The Morgan fingerprint density at radius 3 is 2.39 bits per heavy atom. The van der Waals surface area contributed by atoms with Crippen molar-refractivity contribution in [2.75, 3.05) is 18.0 Å². The summed E-state index contributed by atoms with van der Waals surface area (Å²) in [6, 6.07) is 13.5. The van der Waals surface area contributed by atoms with Crippen molar-refractivity contribution >= 4 is 11.4 Å². The largest absolute Gasteiger partial charge is 0.358 e. The van der Waals surface area contributed by atoms with Gasteiger partial charge in [0.15, 0.2) is 0 Å². The summed E-state index contributed by atoms with van der Waals surface area (Å²) in [4.78, 5) is 23.0. The van der Waals surface area contributed by atoms with Crippen LogP contribution in [0.25, 0.3) is 0 Å². The molecular weight excluding hydrogens is 298 g/mol. The number of hydrogen-bond donors (Lipinski definition) is 0. The summed E-state index contributed by atoms with van der Waals surface area (Å²) in [5.74, 6) is 0. The SMILES string of the molecule is O=[N+]([O-])CC1c2ccccc2CCN1c1ccc([N+](=O)[O-])cc1. The first kappa shape index (κ1) is 15.0. The van der Waals surface area contributed by atoms with Crippen LogP contribution in [-0.4, -0.2) is 22.9 Å². The van der Waals surface area contributed by atoms with Gasteiger partial charge in [-0.2, -0.15) is 0 Å². The summed E-state index contributed by atoms with van der Waals surface area (Å²) >= 11 is 0. The van der Waals surface area contributed by atoms with Gasteiger partial charge in [-0.05, 0) is 29.7 Å². The highest BCUT2D eigenvalue weighted by Gasteiger charge is 2.31. The molecule has 0 aromatic heterocycles. The molecule has 0 radical (unpaired) electrons. The highest BCUT2D eigenvalue weighted by Crippen LogP contribution is 2.34. The zero-order valence-electron chi connectivity index (χ0n) is 12.3.